The fraction of sp³-hybridized carbons (Fsp3) is 0.167. The summed E-state index contributed by atoms with van der Waals surface area (Å²) < 4.78 is 41.1. The van der Waals surface area contributed by atoms with Crippen LogP contribution in [0.4, 0.5) is 20.2 Å². The van der Waals surface area contributed by atoms with Crippen LogP contribution in [0.5, 0.6) is 11.5 Å². The quantitative estimate of drug-likeness (QED) is 0.262. The molecule has 0 saturated heterocycles. The molecule has 4 rings (SSSR count). The third kappa shape index (κ3) is 5.81. The molecule has 1 aliphatic rings. The van der Waals surface area contributed by atoms with Crippen molar-refractivity contribution in [3.05, 3.63) is 77.9 Å². The highest BCUT2D eigenvalue weighted by Gasteiger charge is 2.18. The summed E-state index contributed by atoms with van der Waals surface area (Å²) in [5.41, 5.74) is 1.66. The molecule has 0 fully saturated rings. The lowest BCUT2D eigenvalue weighted by Crippen LogP contribution is -2.17. The number of alkyl halides is 2. The number of Topliss-reactive ketones (excluding diaryl/α,β-unsaturated/α-hetero) is 1. The van der Waals surface area contributed by atoms with Crippen molar-refractivity contribution >= 4 is 34.9 Å². The summed E-state index contributed by atoms with van der Waals surface area (Å²) in [5.74, 6) is -2.50. The number of anilines is 2. The van der Waals surface area contributed by atoms with E-state index < -0.39 is 18.3 Å². The van der Waals surface area contributed by atoms with Crippen LogP contribution in [0.15, 0.2) is 71.6 Å². The molecule has 0 amide bonds. The van der Waals surface area contributed by atoms with Crippen LogP contribution in [0.3, 0.4) is 0 Å². The summed E-state index contributed by atoms with van der Waals surface area (Å²) in [6.07, 6.45) is 0. The molecule has 0 radical (unpaired) electrons. The molecule has 1 N–H and O–H groups in total. The zero-order chi connectivity index (χ0) is 23.2. The van der Waals surface area contributed by atoms with Gasteiger partial charge in [0, 0.05) is 16.1 Å². The minimum atomic E-state index is -2.50. The molecule has 1 aliphatic heterocycles. The second-order valence-electron chi connectivity index (χ2n) is 6.93. The fourth-order valence-corrected chi connectivity index (χ4v) is 3.65. The minimum Gasteiger partial charge on any atom is -0.486 e. The Labute approximate surface area is 192 Å². The Morgan fingerprint density at radius 3 is 2.45 bits per heavy atom. The largest absolute Gasteiger partial charge is 0.486 e. The number of hydrogen-bond acceptors (Lipinski definition) is 7. The van der Waals surface area contributed by atoms with Crippen molar-refractivity contribution in [1.29, 1.82) is 0 Å². The van der Waals surface area contributed by atoms with Gasteiger partial charge in [-0.3, -0.25) is 4.79 Å². The van der Waals surface area contributed by atoms with Gasteiger partial charge in [-0.05, 0) is 54.6 Å². The Hall–Kier alpha value is -3.59. The summed E-state index contributed by atoms with van der Waals surface area (Å²) in [4.78, 5) is 25.6. The maximum Gasteiger partial charge on any atom is 0.340 e. The van der Waals surface area contributed by atoms with Crippen LogP contribution in [0, 0.1) is 0 Å². The Bertz CT molecular complexity index is 1150. The minimum absolute atomic E-state index is 0.235. The van der Waals surface area contributed by atoms with E-state index >= 15 is 0 Å². The van der Waals surface area contributed by atoms with E-state index in [9.17, 15) is 18.4 Å². The number of hydrogen-bond donors (Lipinski definition) is 1. The number of halogens is 2. The Morgan fingerprint density at radius 1 is 0.970 bits per heavy atom. The van der Waals surface area contributed by atoms with Crippen molar-refractivity contribution in [2.24, 2.45) is 0 Å². The van der Waals surface area contributed by atoms with Gasteiger partial charge in [0.1, 0.15) is 13.2 Å². The second-order valence-corrected chi connectivity index (χ2v) is 7.99. The highest BCUT2D eigenvalue weighted by Crippen LogP contribution is 2.31. The number of benzene rings is 3. The summed E-state index contributed by atoms with van der Waals surface area (Å²) in [6.45, 7) is 0.410. The Morgan fingerprint density at radius 2 is 1.70 bits per heavy atom. The molecule has 6 nitrogen and oxygen atoms in total. The van der Waals surface area contributed by atoms with E-state index in [2.05, 4.69) is 5.32 Å². The monoisotopic (exact) mass is 471 g/mol. The molecule has 0 atom stereocenters. The molecule has 0 aliphatic carbocycles. The third-order valence-corrected chi connectivity index (χ3v) is 5.43. The SMILES string of the molecule is O=C(COC(=O)c1ccccc1Nc1ccc(SC(F)F)cc1)c1ccc2c(c1)OCCO2. The number of carbonyl (C=O) groups is 2. The van der Waals surface area contributed by atoms with E-state index in [1.807, 2.05) is 0 Å². The van der Waals surface area contributed by atoms with Crippen molar-refractivity contribution in [3.63, 3.8) is 0 Å². The average molecular weight is 471 g/mol. The van der Waals surface area contributed by atoms with E-state index in [4.69, 9.17) is 14.2 Å². The van der Waals surface area contributed by atoms with E-state index in [1.165, 1.54) is 0 Å². The van der Waals surface area contributed by atoms with Gasteiger partial charge < -0.3 is 19.5 Å². The highest BCUT2D eigenvalue weighted by molar-refractivity contribution is 7.99. The van der Waals surface area contributed by atoms with Crippen LogP contribution >= 0.6 is 11.8 Å². The number of rotatable bonds is 8. The average Bonchev–Trinajstić information content (AvgIpc) is 2.83. The number of carbonyl (C=O) groups excluding carboxylic acids is 2. The molecule has 3 aromatic carbocycles. The van der Waals surface area contributed by atoms with Crippen molar-refractivity contribution < 1.29 is 32.6 Å². The highest BCUT2D eigenvalue weighted by atomic mass is 32.2. The van der Waals surface area contributed by atoms with Gasteiger partial charge in [-0.15, -0.1) is 0 Å². The van der Waals surface area contributed by atoms with E-state index in [1.54, 1.807) is 66.7 Å². The molecule has 1 heterocycles. The van der Waals surface area contributed by atoms with Gasteiger partial charge in [-0.1, -0.05) is 23.9 Å². The first kappa shape index (κ1) is 22.6. The predicted octanol–water partition coefficient (Wildman–Crippen LogP) is 5.56. The number of esters is 1. The first-order valence-electron chi connectivity index (χ1n) is 10.0. The lowest BCUT2D eigenvalue weighted by atomic mass is 10.1. The number of thioether (sulfide) groups is 1. The number of nitrogens with one attached hydrogen (secondary N) is 1. The number of ether oxygens (including phenoxy) is 3. The zero-order valence-corrected chi connectivity index (χ0v) is 18.1. The van der Waals surface area contributed by atoms with Crippen LogP contribution in [0.25, 0.3) is 0 Å². The lowest BCUT2D eigenvalue weighted by Gasteiger charge is -2.18. The van der Waals surface area contributed by atoms with Gasteiger partial charge in [0.15, 0.2) is 23.9 Å². The van der Waals surface area contributed by atoms with E-state index in [0.29, 0.717) is 58.3 Å². The van der Waals surface area contributed by atoms with Crippen molar-refractivity contribution in [3.8, 4) is 11.5 Å². The second kappa shape index (κ2) is 10.4. The summed E-state index contributed by atoms with van der Waals surface area (Å²) in [7, 11) is 0. The molecule has 33 heavy (non-hydrogen) atoms. The standard InChI is InChI=1S/C24H19F2NO5S/c25-24(26)33-17-8-6-16(7-9-17)27-19-4-2-1-3-18(19)23(29)32-14-20(28)15-5-10-21-22(13-15)31-12-11-30-21/h1-10,13,24,27H,11-12,14H2. The van der Waals surface area contributed by atoms with E-state index in [-0.39, 0.29) is 11.3 Å². The van der Waals surface area contributed by atoms with Gasteiger partial charge in [0.05, 0.1) is 11.3 Å². The molecule has 0 saturated carbocycles. The molecule has 0 unspecified atom stereocenters. The Balaban J connectivity index is 1.40. The molecule has 9 heteroatoms. The summed E-state index contributed by atoms with van der Waals surface area (Å²) in [6, 6.07) is 17.9. The maximum absolute atomic E-state index is 12.7. The molecule has 0 aromatic heterocycles. The first-order chi connectivity index (χ1) is 16.0. The fourth-order valence-electron chi connectivity index (χ4n) is 3.15. The number of ketones is 1. The molecular weight excluding hydrogens is 452 g/mol. The van der Waals surface area contributed by atoms with Crippen molar-refractivity contribution in [2.45, 2.75) is 10.7 Å². The van der Waals surface area contributed by atoms with Crippen LogP contribution < -0.4 is 14.8 Å². The smallest absolute Gasteiger partial charge is 0.340 e. The van der Waals surface area contributed by atoms with Gasteiger partial charge >= 0.3 is 5.97 Å². The van der Waals surface area contributed by atoms with Crippen molar-refractivity contribution in [2.75, 3.05) is 25.1 Å². The van der Waals surface area contributed by atoms with Crippen LogP contribution in [0.1, 0.15) is 20.7 Å². The number of fused-ring (bicyclic) bond motifs is 1. The van der Waals surface area contributed by atoms with Crippen molar-refractivity contribution in [1.82, 2.24) is 0 Å². The molecular formula is C24H19F2NO5S. The zero-order valence-electron chi connectivity index (χ0n) is 17.3. The molecule has 3 aromatic rings. The van der Waals surface area contributed by atoms with Gasteiger partial charge in [-0.2, -0.15) is 8.78 Å². The van der Waals surface area contributed by atoms with E-state index in [0.717, 1.165) is 0 Å². The molecule has 0 bridgehead atoms. The van der Waals surface area contributed by atoms with Gasteiger partial charge in [0.2, 0.25) is 0 Å². The normalized spacial score (nSPS) is 12.3. The first-order valence-corrected chi connectivity index (χ1v) is 10.9. The maximum atomic E-state index is 12.7. The van der Waals surface area contributed by atoms with Gasteiger partial charge in [0.25, 0.3) is 5.76 Å². The summed E-state index contributed by atoms with van der Waals surface area (Å²) in [5, 5.41) is 3.07. The number of para-hydroxylation sites is 1. The van der Waals surface area contributed by atoms with Gasteiger partial charge in [-0.25, -0.2) is 4.79 Å². The van der Waals surface area contributed by atoms with Crippen LogP contribution in [-0.2, 0) is 4.74 Å². The third-order valence-electron chi connectivity index (χ3n) is 4.70. The topological polar surface area (TPSA) is 73.9 Å². The molecule has 0 spiro atoms. The summed E-state index contributed by atoms with van der Waals surface area (Å²) >= 11 is 0.454. The predicted molar refractivity (Wildman–Crippen MR) is 120 cm³/mol. The van der Waals surface area contributed by atoms with Crippen LogP contribution in [-0.4, -0.2) is 37.3 Å². The van der Waals surface area contributed by atoms with Crippen LogP contribution in [0.2, 0.25) is 0 Å². The lowest BCUT2D eigenvalue weighted by molar-refractivity contribution is 0.0475. The molecule has 170 valence electrons. The Kier molecular flexibility index (Phi) is 7.09.